The third kappa shape index (κ3) is 3.52. The normalized spacial score (nSPS) is 10.3. The molecule has 0 fully saturated rings. The maximum Gasteiger partial charge on any atom is 0.224 e. The van der Waals surface area contributed by atoms with Gasteiger partial charge in [-0.15, -0.1) is 0 Å². The van der Waals surface area contributed by atoms with Gasteiger partial charge in [0.05, 0.1) is 19.2 Å². The summed E-state index contributed by atoms with van der Waals surface area (Å²) in [4.78, 5) is 11.7. The van der Waals surface area contributed by atoms with Gasteiger partial charge in [0.15, 0.2) is 0 Å². The van der Waals surface area contributed by atoms with Crippen LogP contribution in [0.25, 0.3) is 0 Å². The Labute approximate surface area is 115 Å². The van der Waals surface area contributed by atoms with Crippen molar-refractivity contribution in [2.75, 3.05) is 0 Å². The van der Waals surface area contributed by atoms with Gasteiger partial charge >= 0.3 is 0 Å². The molecular formula is C13H11Cl2NO2. The third-order valence-electron chi connectivity index (χ3n) is 2.41. The van der Waals surface area contributed by atoms with Gasteiger partial charge in [0.1, 0.15) is 5.76 Å². The van der Waals surface area contributed by atoms with Crippen molar-refractivity contribution >= 4 is 29.1 Å². The zero-order valence-corrected chi connectivity index (χ0v) is 11.0. The minimum atomic E-state index is -0.115. The Balaban J connectivity index is 1.91. The number of nitrogens with one attached hydrogen (secondary N) is 1. The van der Waals surface area contributed by atoms with E-state index in [4.69, 9.17) is 27.6 Å². The summed E-state index contributed by atoms with van der Waals surface area (Å²) >= 11 is 11.8. The second-order valence-corrected chi connectivity index (χ2v) is 4.61. The molecule has 0 saturated heterocycles. The summed E-state index contributed by atoms with van der Waals surface area (Å²) in [5, 5.41) is 3.80. The van der Waals surface area contributed by atoms with E-state index in [1.807, 2.05) is 0 Å². The number of carbonyl (C=O) groups excluding carboxylic acids is 1. The van der Waals surface area contributed by atoms with E-state index < -0.39 is 0 Å². The number of amides is 1. The second kappa shape index (κ2) is 5.94. The average molecular weight is 284 g/mol. The number of carbonyl (C=O) groups is 1. The summed E-state index contributed by atoms with van der Waals surface area (Å²) in [5.74, 6) is 0.598. The van der Waals surface area contributed by atoms with Gasteiger partial charge in [-0.3, -0.25) is 4.79 Å². The quantitative estimate of drug-likeness (QED) is 0.934. The Bertz CT molecular complexity index is 538. The number of hydrogen-bond donors (Lipinski definition) is 1. The van der Waals surface area contributed by atoms with Crippen molar-refractivity contribution < 1.29 is 9.21 Å². The lowest BCUT2D eigenvalue weighted by Gasteiger charge is -2.05. The SMILES string of the molecule is O=C(Cc1ccc(Cl)cc1Cl)NCc1ccco1. The highest BCUT2D eigenvalue weighted by Crippen LogP contribution is 2.21. The molecule has 2 rings (SSSR count). The number of hydrogen-bond acceptors (Lipinski definition) is 2. The predicted molar refractivity (Wildman–Crippen MR) is 70.7 cm³/mol. The highest BCUT2D eigenvalue weighted by atomic mass is 35.5. The highest BCUT2D eigenvalue weighted by Gasteiger charge is 2.08. The standard InChI is InChI=1S/C13H11Cl2NO2/c14-10-4-3-9(12(15)7-10)6-13(17)16-8-11-2-1-5-18-11/h1-5,7H,6,8H2,(H,16,17). The summed E-state index contributed by atoms with van der Waals surface area (Å²) in [6.07, 6.45) is 1.79. The van der Waals surface area contributed by atoms with Crippen LogP contribution < -0.4 is 5.32 Å². The van der Waals surface area contributed by atoms with Crippen LogP contribution >= 0.6 is 23.2 Å². The average Bonchev–Trinajstić information content (AvgIpc) is 2.83. The first-order chi connectivity index (χ1) is 8.65. The molecule has 2 aromatic rings. The largest absolute Gasteiger partial charge is 0.467 e. The number of benzene rings is 1. The molecule has 94 valence electrons. The van der Waals surface area contributed by atoms with Crippen LogP contribution in [0.4, 0.5) is 0 Å². The van der Waals surface area contributed by atoms with Crippen LogP contribution in [0.5, 0.6) is 0 Å². The first kappa shape index (κ1) is 13.0. The maximum atomic E-state index is 11.7. The molecule has 1 amide bonds. The lowest BCUT2D eigenvalue weighted by atomic mass is 10.1. The van der Waals surface area contributed by atoms with E-state index in [9.17, 15) is 4.79 Å². The summed E-state index contributed by atoms with van der Waals surface area (Å²) in [7, 11) is 0. The molecule has 1 heterocycles. The van der Waals surface area contributed by atoms with E-state index in [1.54, 1.807) is 36.6 Å². The molecule has 0 aliphatic heterocycles. The first-order valence-corrected chi connectivity index (χ1v) is 6.14. The van der Waals surface area contributed by atoms with Gasteiger partial charge in [0.2, 0.25) is 5.91 Å². The van der Waals surface area contributed by atoms with Crippen molar-refractivity contribution in [1.82, 2.24) is 5.32 Å². The number of halogens is 2. The van der Waals surface area contributed by atoms with E-state index in [0.29, 0.717) is 22.4 Å². The molecule has 0 atom stereocenters. The van der Waals surface area contributed by atoms with E-state index in [-0.39, 0.29) is 12.3 Å². The summed E-state index contributed by atoms with van der Waals surface area (Å²) in [6, 6.07) is 8.66. The van der Waals surface area contributed by atoms with Crippen molar-refractivity contribution in [2.45, 2.75) is 13.0 Å². The highest BCUT2D eigenvalue weighted by molar-refractivity contribution is 6.35. The van der Waals surface area contributed by atoms with E-state index in [0.717, 1.165) is 5.56 Å². The lowest BCUT2D eigenvalue weighted by molar-refractivity contribution is -0.120. The smallest absolute Gasteiger partial charge is 0.224 e. The predicted octanol–water partition coefficient (Wildman–Crippen LogP) is 3.45. The first-order valence-electron chi connectivity index (χ1n) is 5.38. The van der Waals surface area contributed by atoms with Crippen LogP contribution in [0, 0.1) is 0 Å². The Morgan fingerprint density at radius 2 is 2.11 bits per heavy atom. The summed E-state index contributed by atoms with van der Waals surface area (Å²) < 4.78 is 5.12. The molecule has 1 aromatic carbocycles. The van der Waals surface area contributed by atoms with Gasteiger partial charge in [-0.2, -0.15) is 0 Å². The molecule has 1 aromatic heterocycles. The van der Waals surface area contributed by atoms with Gasteiger partial charge in [-0.1, -0.05) is 29.3 Å². The monoisotopic (exact) mass is 283 g/mol. The van der Waals surface area contributed by atoms with Gasteiger partial charge in [0, 0.05) is 10.0 Å². The molecular weight excluding hydrogens is 273 g/mol. The molecule has 0 bridgehead atoms. The molecule has 3 nitrogen and oxygen atoms in total. The van der Waals surface area contributed by atoms with Crippen LogP contribution in [-0.4, -0.2) is 5.91 Å². The van der Waals surface area contributed by atoms with Gasteiger partial charge in [0.25, 0.3) is 0 Å². The van der Waals surface area contributed by atoms with Crippen molar-refractivity contribution in [3.63, 3.8) is 0 Å². The van der Waals surface area contributed by atoms with Gasteiger partial charge < -0.3 is 9.73 Å². The fourth-order valence-electron chi connectivity index (χ4n) is 1.50. The Morgan fingerprint density at radius 3 is 2.78 bits per heavy atom. The zero-order chi connectivity index (χ0) is 13.0. The minimum Gasteiger partial charge on any atom is -0.467 e. The molecule has 0 spiro atoms. The Hall–Kier alpha value is -1.45. The molecule has 0 aliphatic rings. The van der Waals surface area contributed by atoms with Crippen LogP contribution in [0.15, 0.2) is 41.0 Å². The number of furan rings is 1. The van der Waals surface area contributed by atoms with Crippen molar-refractivity contribution in [3.8, 4) is 0 Å². The molecule has 5 heteroatoms. The molecule has 0 radical (unpaired) electrons. The maximum absolute atomic E-state index is 11.7. The fraction of sp³-hybridized carbons (Fsp3) is 0.154. The van der Waals surface area contributed by atoms with Crippen LogP contribution in [0.3, 0.4) is 0 Å². The Morgan fingerprint density at radius 1 is 1.28 bits per heavy atom. The zero-order valence-electron chi connectivity index (χ0n) is 9.45. The fourth-order valence-corrected chi connectivity index (χ4v) is 1.97. The third-order valence-corrected chi connectivity index (χ3v) is 2.99. The van der Waals surface area contributed by atoms with Gasteiger partial charge in [-0.05, 0) is 29.8 Å². The van der Waals surface area contributed by atoms with E-state index >= 15 is 0 Å². The lowest BCUT2D eigenvalue weighted by Crippen LogP contribution is -2.24. The minimum absolute atomic E-state index is 0.115. The molecule has 18 heavy (non-hydrogen) atoms. The molecule has 0 unspecified atom stereocenters. The van der Waals surface area contributed by atoms with Crippen molar-refractivity contribution in [3.05, 3.63) is 58.0 Å². The molecule has 1 N–H and O–H groups in total. The Kier molecular flexibility index (Phi) is 4.28. The van der Waals surface area contributed by atoms with Crippen molar-refractivity contribution in [2.24, 2.45) is 0 Å². The van der Waals surface area contributed by atoms with Crippen LogP contribution in [0.1, 0.15) is 11.3 Å². The van der Waals surface area contributed by atoms with Crippen LogP contribution in [0.2, 0.25) is 10.0 Å². The second-order valence-electron chi connectivity index (χ2n) is 3.77. The number of rotatable bonds is 4. The summed E-state index contributed by atoms with van der Waals surface area (Å²) in [6.45, 7) is 0.372. The van der Waals surface area contributed by atoms with Crippen molar-refractivity contribution in [1.29, 1.82) is 0 Å². The van der Waals surface area contributed by atoms with E-state index in [2.05, 4.69) is 5.32 Å². The van der Waals surface area contributed by atoms with Crippen LogP contribution in [-0.2, 0) is 17.8 Å². The molecule has 0 saturated carbocycles. The summed E-state index contributed by atoms with van der Waals surface area (Å²) in [5.41, 5.74) is 0.748. The van der Waals surface area contributed by atoms with Gasteiger partial charge in [-0.25, -0.2) is 0 Å². The topological polar surface area (TPSA) is 42.2 Å². The van der Waals surface area contributed by atoms with E-state index in [1.165, 1.54) is 0 Å². The molecule has 0 aliphatic carbocycles.